The average molecular weight is 276 g/mol. The van der Waals surface area contributed by atoms with Crippen molar-refractivity contribution >= 4 is 12.5 Å². The molecule has 0 amide bonds. The third kappa shape index (κ3) is 21.4. The molecule has 0 rings (SSSR count). The molecule has 0 aliphatic heterocycles. The van der Waals surface area contributed by atoms with Gasteiger partial charge in [0.25, 0.3) is 0 Å². The second-order valence-corrected chi connectivity index (χ2v) is 10.8. The Kier molecular flexibility index (Phi) is 13.3. The zero-order valence-electron chi connectivity index (χ0n) is 2.01. The van der Waals surface area contributed by atoms with E-state index in [0.717, 1.165) is 0 Å². The fourth-order valence-electron chi connectivity index (χ4n) is 0. The first kappa shape index (κ1) is 10.4. The molecule has 0 aromatic rings. The molecule has 0 atom stereocenters. The standard InChI is InChI=1S/3ClH.Eu.H2O/h3*1H;;1H2/q;;;+3;/p-3. The Morgan fingerprint density at radius 1 is 1.00 bits per heavy atom. The van der Waals surface area contributed by atoms with Crippen molar-refractivity contribution < 1.29 is 42.5 Å². The van der Waals surface area contributed by atoms with Gasteiger partial charge in [-0.2, -0.15) is 0 Å². The second-order valence-electron chi connectivity index (χ2n) is 0.162. The fraction of sp³-hybridized carbons (Fsp3) is 0. The molecule has 0 aromatic heterocycles. The molecule has 0 aliphatic rings. The predicted molar refractivity (Wildman–Crippen MR) is 21.2 cm³/mol. The first-order chi connectivity index (χ1) is 1.73. The molecule has 0 bridgehead atoms. The van der Waals surface area contributed by atoms with Crippen LogP contribution in [0.4, 0.5) is 0 Å². The molecule has 0 saturated heterocycles. The van der Waals surface area contributed by atoms with E-state index in [-0.39, 0.29) is 5.48 Å². The summed E-state index contributed by atoms with van der Waals surface area (Å²) in [5.41, 5.74) is 0. The van der Waals surface area contributed by atoms with Crippen molar-refractivity contribution in [1.29, 1.82) is 0 Å². The molecule has 36 valence electrons. The molecule has 0 unspecified atom stereocenters. The number of rotatable bonds is 0. The quantitative estimate of drug-likeness (QED) is 0.638. The van der Waals surface area contributed by atoms with Gasteiger partial charge in [-0.15, -0.1) is 0 Å². The van der Waals surface area contributed by atoms with Crippen LogP contribution in [0.1, 0.15) is 0 Å². The van der Waals surface area contributed by atoms with Crippen molar-refractivity contribution in [3.63, 3.8) is 0 Å². The Morgan fingerprint density at radius 3 is 1.00 bits per heavy atom. The van der Waals surface area contributed by atoms with Gasteiger partial charge in [0.05, 0.1) is 0 Å². The summed E-state index contributed by atoms with van der Waals surface area (Å²) in [6.07, 6.45) is 0. The van der Waals surface area contributed by atoms with Gasteiger partial charge in [0.2, 0.25) is 0 Å². The maximum atomic E-state index is 4.99. The Labute approximate surface area is 53.2 Å². The van der Waals surface area contributed by atoms with E-state index in [1.165, 1.54) is 0 Å². The Hall–Kier alpha value is 2.41. The van der Waals surface area contributed by atoms with Crippen LogP contribution in [0.2, 0.25) is 0 Å². The maximum absolute atomic E-state index is 4.99. The summed E-state index contributed by atoms with van der Waals surface area (Å²) < 4.78 is 15.0. The van der Waals surface area contributed by atoms with Crippen molar-refractivity contribution in [3.05, 3.63) is 0 Å². The average Bonchev–Trinajstić information content (AvgIpc) is 0.811. The predicted octanol–water partition coefficient (Wildman–Crippen LogP) is 1.24. The summed E-state index contributed by atoms with van der Waals surface area (Å²) >= 11 is -2.05. The van der Waals surface area contributed by atoms with Crippen molar-refractivity contribution in [2.45, 2.75) is 0 Å². The minimum absolute atomic E-state index is 0. The van der Waals surface area contributed by atoms with Gasteiger partial charge in [0.15, 0.2) is 0 Å². The van der Waals surface area contributed by atoms with Crippen LogP contribution in [-0.4, -0.2) is 5.48 Å². The van der Waals surface area contributed by atoms with E-state index in [4.69, 9.17) is 12.5 Å². The molecule has 0 saturated carbocycles. The molecule has 0 heterocycles. The van der Waals surface area contributed by atoms with Gasteiger partial charge in [0, 0.05) is 0 Å². The summed E-state index contributed by atoms with van der Waals surface area (Å²) in [4.78, 5) is 0. The molecule has 5 heteroatoms. The van der Waals surface area contributed by atoms with Crippen LogP contribution < -0.4 is 0 Å². The molecule has 0 aliphatic carbocycles. The Morgan fingerprint density at radius 2 is 1.00 bits per heavy atom. The van der Waals surface area contributed by atoms with Crippen LogP contribution in [0.15, 0.2) is 0 Å². The third-order valence-electron chi connectivity index (χ3n) is 0. The van der Waals surface area contributed by atoms with E-state index in [0.29, 0.717) is 0 Å². The van der Waals surface area contributed by atoms with Crippen LogP contribution in [0.3, 0.4) is 0 Å². The van der Waals surface area contributed by atoms with E-state index >= 15 is 0 Å². The second kappa shape index (κ2) is 6.41. The molecule has 0 radical (unpaired) electrons. The topological polar surface area (TPSA) is 31.5 Å². The van der Waals surface area contributed by atoms with E-state index < -0.39 is 37.0 Å². The third-order valence-corrected chi connectivity index (χ3v) is 0. The molecular weight excluding hydrogens is 274 g/mol. The SMILES string of the molecule is O.[Cl][Eu]([Cl])[Cl]. The summed E-state index contributed by atoms with van der Waals surface area (Å²) in [6.45, 7) is 0. The minimum atomic E-state index is -2.05. The monoisotopic (exact) mass is 276 g/mol. The molecular formula is H2Cl3EuO. The molecule has 0 spiro atoms. The van der Waals surface area contributed by atoms with Gasteiger partial charge in [-0.25, -0.2) is 0 Å². The van der Waals surface area contributed by atoms with Crippen molar-refractivity contribution in [3.8, 4) is 0 Å². The zero-order chi connectivity index (χ0) is 3.58. The first-order valence-corrected chi connectivity index (χ1v) is 9.54. The molecule has 0 fully saturated rings. The van der Waals surface area contributed by atoms with E-state index in [9.17, 15) is 0 Å². The van der Waals surface area contributed by atoms with Crippen LogP contribution in [0.25, 0.3) is 0 Å². The molecule has 1 nitrogen and oxygen atoms in total. The van der Waals surface area contributed by atoms with Crippen molar-refractivity contribution in [1.82, 2.24) is 0 Å². The van der Waals surface area contributed by atoms with Crippen molar-refractivity contribution in [2.24, 2.45) is 0 Å². The number of hydrogen-bond acceptors (Lipinski definition) is 0. The van der Waals surface area contributed by atoms with Crippen LogP contribution in [0.5, 0.6) is 0 Å². The summed E-state index contributed by atoms with van der Waals surface area (Å²) in [7, 11) is 0. The van der Waals surface area contributed by atoms with Crippen LogP contribution >= 0.6 is 12.5 Å². The van der Waals surface area contributed by atoms with E-state index in [1.807, 2.05) is 0 Å². The molecule has 2 N–H and O–H groups in total. The summed E-state index contributed by atoms with van der Waals surface area (Å²) in [5, 5.41) is 0. The van der Waals surface area contributed by atoms with Gasteiger partial charge >= 0.3 is 49.4 Å². The molecule has 5 heavy (non-hydrogen) atoms. The Balaban J connectivity index is 0. The van der Waals surface area contributed by atoms with Gasteiger partial charge in [-0.1, -0.05) is 0 Å². The fourth-order valence-corrected chi connectivity index (χ4v) is 0. The zero-order valence-corrected chi connectivity index (χ0v) is 6.70. The number of hydrogen-bond donors (Lipinski definition) is 0. The van der Waals surface area contributed by atoms with Gasteiger partial charge < -0.3 is 5.48 Å². The summed E-state index contributed by atoms with van der Waals surface area (Å²) in [5.74, 6) is 0. The van der Waals surface area contributed by atoms with Crippen LogP contribution in [-0.2, 0) is 0 Å². The van der Waals surface area contributed by atoms with Crippen molar-refractivity contribution in [2.75, 3.05) is 0 Å². The summed E-state index contributed by atoms with van der Waals surface area (Å²) in [6, 6.07) is 0. The van der Waals surface area contributed by atoms with E-state index in [1.54, 1.807) is 0 Å². The normalized spacial score (nSPS) is 9.00. The number of halogens is 3. The Bertz CT molecular complexity index is 11.6. The van der Waals surface area contributed by atoms with Gasteiger partial charge in [-0.05, 0) is 0 Å². The molecule has 0 aromatic carbocycles. The van der Waals surface area contributed by atoms with Gasteiger partial charge in [0.1, 0.15) is 0 Å². The van der Waals surface area contributed by atoms with E-state index in [2.05, 4.69) is 0 Å². The first-order valence-electron chi connectivity index (χ1n) is 0.429. The van der Waals surface area contributed by atoms with Gasteiger partial charge in [-0.3, -0.25) is 0 Å². The van der Waals surface area contributed by atoms with Crippen LogP contribution in [0, 0.1) is 37.0 Å².